The van der Waals surface area contributed by atoms with Gasteiger partial charge in [-0.15, -0.1) is 0 Å². The molecule has 4 nitrogen and oxygen atoms in total. The van der Waals surface area contributed by atoms with E-state index in [0.717, 1.165) is 55.9 Å². The van der Waals surface area contributed by atoms with Gasteiger partial charge in [-0.25, -0.2) is 0 Å². The van der Waals surface area contributed by atoms with Crippen molar-refractivity contribution in [2.45, 2.75) is 37.5 Å². The van der Waals surface area contributed by atoms with Crippen LogP contribution in [0.15, 0.2) is 22.7 Å². The summed E-state index contributed by atoms with van der Waals surface area (Å²) < 4.78 is 17.7. The van der Waals surface area contributed by atoms with E-state index in [1.807, 2.05) is 6.07 Å². The lowest BCUT2D eigenvalue weighted by atomic mass is 9.89. The van der Waals surface area contributed by atoms with Crippen LogP contribution >= 0.6 is 15.9 Å². The van der Waals surface area contributed by atoms with Crippen LogP contribution in [-0.4, -0.2) is 38.6 Å². The van der Waals surface area contributed by atoms with Crippen molar-refractivity contribution in [1.29, 1.82) is 0 Å². The van der Waals surface area contributed by atoms with Crippen molar-refractivity contribution in [3.63, 3.8) is 0 Å². The molecule has 5 heteroatoms. The van der Waals surface area contributed by atoms with Gasteiger partial charge in [-0.2, -0.15) is 0 Å². The largest absolute Gasteiger partial charge is 0.496 e. The molecule has 1 aromatic rings. The third-order valence-electron chi connectivity index (χ3n) is 4.37. The van der Waals surface area contributed by atoms with E-state index in [0.29, 0.717) is 6.04 Å². The lowest BCUT2D eigenvalue weighted by Gasteiger charge is -2.37. The average molecular weight is 356 g/mol. The Labute approximate surface area is 134 Å². The molecule has 0 unspecified atom stereocenters. The van der Waals surface area contributed by atoms with Crippen LogP contribution in [0.2, 0.25) is 0 Å². The Hall–Kier alpha value is -0.620. The first kappa shape index (κ1) is 15.3. The fourth-order valence-corrected chi connectivity index (χ4v) is 3.74. The first-order chi connectivity index (χ1) is 10.2. The van der Waals surface area contributed by atoms with Crippen molar-refractivity contribution < 1.29 is 14.2 Å². The van der Waals surface area contributed by atoms with E-state index >= 15 is 0 Å². The van der Waals surface area contributed by atoms with Gasteiger partial charge < -0.3 is 19.5 Å². The molecular formula is C16H22BrNO3. The Morgan fingerprint density at radius 3 is 3.05 bits per heavy atom. The van der Waals surface area contributed by atoms with Crippen LogP contribution in [0.5, 0.6) is 5.75 Å². The van der Waals surface area contributed by atoms with Gasteiger partial charge in [0.15, 0.2) is 0 Å². The summed E-state index contributed by atoms with van der Waals surface area (Å²) in [4.78, 5) is 0. The molecule has 0 amide bonds. The van der Waals surface area contributed by atoms with Crippen LogP contribution in [0.3, 0.4) is 0 Å². The topological polar surface area (TPSA) is 39.7 Å². The van der Waals surface area contributed by atoms with Crippen molar-refractivity contribution in [1.82, 2.24) is 5.32 Å². The van der Waals surface area contributed by atoms with Crippen LogP contribution in [-0.2, 0) is 16.0 Å². The maximum atomic E-state index is 5.97. The number of halogens is 1. The quantitative estimate of drug-likeness (QED) is 0.901. The molecule has 2 aliphatic heterocycles. The van der Waals surface area contributed by atoms with Gasteiger partial charge in [0.25, 0.3) is 0 Å². The van der Waals surface area contributed by atoms with Gasteiger partial charge in [-0.05, 0) is 46.5 Å². The summed E-state index contributed by atoms with van der Waals surface area (Å²) in [5.74, 6) is 0.867. The summed E-state index contributed by atoms with van der Waals surface area (Å²) in [6.07, 6.45) is 3.14. The summed E-state index contributed by atoms with van der Waals surface area (Å²) in [7, 11) is 1.68. The molecule has 3 rings (SSSR count). The van der Waals surface area contributed by atoms with Crippen molar-refractivity contribution in [2.24, 2.45) is 0 Å². The van der Waals surface area contributed by atoms with Gasteiger partial charge in [0, 0.05) is 32.2 Å². The fourth-order valence-electron chi connectivity index (χ4n) is 3.15. The molecule has 0 aliphatic carbocycles. The van der Waals surface area contributed by atoms with E-state index in [9.17, 15) is 0 Å². The highest BCUT2D eigenvalue weighted by Gasteiger charge is 2.40. The smallest absolute Gasteiger partial charge is 0.133 e. The zero-order valence-electron chi connectivity index (χ0n) is 12.4. The first-order valence-corrected chi connectivity index (χ1v) is 8.28. The van der Waals surface area contributed by atoms with Crippen LogP contribution in [0.1, 0.15) is 24.8 Å². The van der Waals surface area contributed by atoms with Crippen molar-refractivity contribution in [2.75, 3.05) is 26.9 Å². The predicted molar refractivity (Wildman–Crippen MR) is 84.7 cm³/mol. The number of ether oxygens (including phenoxy) is 3. The molecule has 1 spiro atoms. The summed E-state index contributed by atoms with van der Waals surface area (Å²) in [6.45, 7) is 3.27. The highest BCUT2D eigenvalue weighted by Crippen LogP contribution is 2.33. The second kappa shape index (κ2) is 6.65. The third-order valence-corrected chi connectivity index (χ3v) is 4.99. The maximum Gasteiger partial charge on any atom is 0.133 e. The van der Waals surface area contributed by atoms with Crippen LogP contribution in [0.4, 0.5) is 0 Å². The van der Waals surface area contributed by atoms with Gasteiger partial charge >= 0.3 is 0 Å². The van der Waals surface area contributed by atoms with E-state index in [1.54, 1.807) is 7.11 Å². The first-order valence-electron chi connectivity index (χ1n) is 7.48. The zero-order chi connectivity index (χ0) is 14.7. The Kier molecular flexibility index (Phi) is 4.84. The molecule has 2 aliphatic rings. The maximum absolute atomic E-state index is 5.97. The number of nitrogens with one attached hydrogen (secondary N) is 1. The minimum atomic E-state index is -0.0313. The van der Waals surface area contributed by atoms with Gasteiger partial charge in [0.05, 0.1) is 23.8 Å². The second-order valence-electron chi connectivity index (χ2n) is 5.87. The molecular weight excluding hydrogens is 334 g/mol. The van der Waals surface area contributed by atoms with Crippen LogP contribution < -0.4 is 10.1 Å². The molecule has 2 saturated heterocycles. The Morgan fingerprint density at radius 2 is 2.33 bits per heavy atom. The lowest BCUT2D eigenvalue weighted by molar-refractivity contribution is -0.0894. The van der Waals surface area contributed by atoms with E-state index in [2.05, 4.69) is 33.4 Å². The Morgan fingerprint density at radius 1 is 1.43 bits per heavy atom. The van der Waals surface area contributed by atoms with E-state index in [4.69, 9.17) is 14.2 Å². The lowest BCUT2D eigenvalue weighted by Crippen LogP contribution is -2.47. The minimum Gasteiger partial charge on any atom is -0.496 e. The molecule has 2 fully saturated rings. The van der Waals surface area contributed by atoms with Crippen LogP contribution in [0.25, 0.3) is 0 Å². The van der Waals surface area contributed by atoms with Gasteiger partial charge in [-0.3, -0.25) is 0 Å². The van der Waals surface area contributed by atoms with Crippen molar-refractivity contribution >= 4 is 15.9 Å². The van der Waals surface area contributed by atoms with E-state index in [-0.39, 0.29) is 5.60 Å². The Balaban J connectivity index is 1.56. The average Bonchev–Trinajstić information content (AvgIpc) is 2.93. The number of rotatable bonds is 4. The van der Waals surface area contributed by atoms with Crippen molar-refractivity contribution in [3.8, 4) is 5.75 Å². The highest BCUT2D eigenvalue weighted by atomic mass is 79.9. The molecule has 2 heterocycles. The minimum absolute atomic E-state index is 0.0313. The second-order valence-corrected chi connectivity index (χ2v) is 6.73. The molecule has 0 bridgehead atoms. The molecule has 116 valence electrons. The number of hydrogen-bond donors (Lipinski definition) is 1. The molecule has 1 N–H and O–H groups in total. The Bertz CT molecular complexity index is 488. The summed E-state index contributed by atoms with van der Waals surface area (Å²) >= 11 is 3.53. The van der Waals surface area contributed by atoms with E-state index < -0.39 is 0 Å². The SMILES string of the molecule is COc1ccc(CN[C@H]2CCO[C@@]3(CCOC3)C2)cc1Br. The molecule has 2 atom stereocenters. The molecule has 0 radical (unpaired) electrons. The van der Waals surface area contributed by atoms with Crippen molar-refractivity contribution in [3.05, 3.63) is 28.2 Å². The number of benzene rings is 1. The molecule has 0 saturated carbocycles. The fraction of sp³-hybridized carbons (Fsp3) is 0.625. The summed E-state index contributed by atoms with van der Waals surface area (Å²) in [5, 5.41) is 3.66. The standard InChI is InChI=1S/C16H22BrNO3/c1-19-15-3-2-12(8-14(15)17)10-18-13-4-6-21-16(9-13)5-7-20-11-16/h2-3,8,13,18H,4-7,9-11H2,1H3/t13-,16-/m0/s1. The zero-order valence-corrected chi connectivity index (χ0v) is 13.9. The normalized spacial score (nSPS) is 29.0. The summed E-state index contributed by atoms with van der Waals surface area (Å²) in [6, 6.07) is 6.71. The van der Waals surface area contributed by atoms with E-state index in [1.165, 1.54) is 5.56 Å². The van der Waals surface area contributed by atoms with Gasteiger partial charge in [0.2, 0.25) is 0 Å². The number of hydrogen-bond acceptors (Lipinski definition) is 4. The van der Waals surface area contributed by atoms with Gasteiger partial charge in [0.1, 0.15) is 5.75 Å². The summed E-state index contributed by atoms with van der Waals surface area (Å²) in [5.41, 5.74) is 1.22. The molecule has 0 aromatic heterocycles. The molecule has 1 aromatic carbocycles. The molecule has 21 heavy (non-hydrogen) atoms. The van der Waals surface area contributed by atoms with Gasteiger partial charge in [-0.1, -0.05) is 6.07 Å². The highest BCUT2D eigenvalue weighted by molar-refractivity contribution is 9.10. The number of methoxy groups -OCH3 is 1. The predicted octanol–water partition coefficient (Wildman–Crippen LogP) is 2.89. The monoisotopic (exact) mass is 355 g/mol. The third kappa shape index (κ3) is 3.59. The van der Waals surface area contributed by atoms with Crippen LogP contribution in [0, 0.1) is 0 Å².